The van der Waals surface area contributed by atoms with Crippen LogP contribution in [0.2, 0.25) is 0 Å². The Kier molecular flexibility index (Phi) is 7.42. The summed E-state index contributed by atoms with van der Waals surface area (Å²) in [7, 11) is -0.408. The van der Waals surface area contributed by atoms with Crippen molar-refractivity contribution in [2.45, 2.75) is 18.7 Å². The third-order valence-electron chi connectivity index (χ3n) is 4.83. The third-order valence-corrected chi connectivity index (χ3v) is 7.40. The van der Waals surface area contributed by atoms with E-state index >= 15 is 0 Å². The minimum Gasteiger partial charge on any atom is -0.372 e. The van der Waals surface area contributed by atoms with Gasteiger partial charge in [0.1, 0.15) is 0 Å². The first-order valence-electron chi connectivity index (χ1n) is 9.97. The molecule has 0 atom stereocenters. The summed E-state index contributed by atoms with van der Waals surface area (Å²) >= 11 is 1.44. The minimum atomic E-state index is -3.44. The highest BCUT2D eigenvalue weighted by molar-refractivity contribution is 7.89. The van der Waals surface area contributed by atoms with E-state index in [4.69, 9.17) is 0 Å². The monoisotopic (exact) mass is 457 g/mol. The van der Waals surface area contributed by atoms with Crippen LogP contribution in [-0.2, 0) is 10.0 Å². The first-order valence-corrected chi connectivity index (χ1v) is 12.3. The average Bonchev–Trinajstić information content (AvgIpc) is 3.24. The Morgan fingerprint density at radius 1 is 1.03 bits per heavy atom. The summed E-state index contributed by atoms with van der Waals surface area (Å²) in [5.41, 5.74) is 6.76. The van der Waals surface area contributed by atoms with Crippen molar-refractivity contribution >= 4 is 38.4 Å². The summed E-state index contributed by atoms with van der Waals surface area (Å²) in [5, 5.41) is 6.85. The van der Waals surface area contributed by atoms with E-state index in [1.165, 1.54) is 35.4 Å². The van der Waals surface area contributed by atoms with E-state index in [1.807, 2.05) is 17.5 Å². The average molecular weight is 458 g/mol. The number of rotatable bonds is 9. The Hall–Kier alpha value is -2.75. The molecule has 0 radical (unpaired) electrons. The molecule has 0 saturated carbocycles. The lowest BCUT2D eigenvalue weighted by atomic mass is 10.2. The fourth-order valence-electron chi connectivity index (χ4n) is 2.99. The highest BCUT2D eigenvalue weighted by Gasteiger charge is 2.17. The molecule has 9 heteroatoms. The normalized spacial score (nSPS) is 11.9. The quantitative estimate of drug-likeness (QED) is 0.382. The maximum absolute atomic E-state index is 12.2. The van der Waals surface area contributed by atoms with Crippen LogP contribution in [0.15, 0.2) is 63.9 Å². The number of nitrogens with one attached hydrogen (secondary N) is 1. The molecule has 3 aromatic rings. The fraction of sp³-hybridized carbons (Fsp3) is 0.273. The van der Waals surface area contributed by atoms with Gasteiger partial charge in [0.15, 0.2) is 0 Å². The van der Waals surface area contributed by atoms with Gasteiger partial charge >= 0.3 is 0 Å². The Morgan fingerprint density at radius 2 is 1.68 bits per heavy atom. The highest BCUT2D eigenvalue weighted by Crippen LogP contribution is 2.26. The second-order valence-electron chi connectivity index (χ2n) is 6.98. The van der Waals surface area contributed by atoms with Crippen LogP contribution in [-0.4, -0.2) is 51.1 Å². The highest BCUT2D eigenvalue weighted by atomic mass is 32.2. The molecule has 0 saturated heterocycles. The number of hydrogen-bond donors (Lipinski definition) is 1. The van der Waals surface area contributed by atoms with E-state index in [2.05, 4.69) is 46.4 Å². The van der Waals surface area contributed by atoms with Gasteiger partial charge in [0.2, 0.25) is 15.2 Å². The number of thiazole rings is 1. The van der Waals surface area contributed by atoms with Crippen molar-refractivity contribution in [3.8, 4) is 11.3 Å². The molecule has 0 aliphatic heterocycles. The molecular weight excluding hydrogens is 430 g/mol. The second kappa shape index (κ2) is 10.0. The number of hydrazone groups is 1. The summed E-state index contributed by atoms with van der Waals surface area (Å²) in [5.74, 6) is 0. The molecule has 1 aromatic heterocycles. The van der Waals surface area contributed by atoms with Gasteiger partial charge in [-0.2, -0.15) is 5.10 Å². The van der Waals surface area contributed by atoms with E-state index < -0.39 is 10.0 Å². The summed E-state index contributed by atoms with van der Waals surface area (Å²) in [6, 6.07) is 15.0. The van der Waals surface area contributed by atoms with Crippen LogP contribution < -0.4 is 10.3 Å². The summed E-state index contributed by atoms with van der Waals surface area (Å²) in [4.78, 5) is 7.07. The van der Waals surface area contributed by atoms with Crippen LogP contribution in [0.25, 0.3) is 11.3 Å². The smallest absolute Gasteiger partial charge is 0.242 e. The van der Waals surface area contributed by atoms with Crippen LogP contribution >= 0.6 is 11.3 Å². The molecule has 1 N–H and O–H groups in total. The summed E-state index contributed by atoms with van der Waals surface area (Å²) < 4.78 is 25.6. The molecule has 0 aliphatic carbocycles. The topological polar surface area (TPSA) is 77.9 Å². The van der Waals surface area contributed by atoms with Gasteiger partial charge in [-0.3, -0.25) is 5.43 Å². The third kappa shape index (κ3) is 5.49. The van der Waals surface area contributed by atoms with Crippen LogP contribution in [0, 0.1) is 0 Å². The number of nitrogens with zero attached hydrogens (tertiary/aromatic N) is 4. The molecule has 0 unspecified atom stereocenters. The number of sulfonamides is 1. The lowest BCUT2D eigenvalue weighted by Crippen LogP contribution is -2.22. The molecule has 2 aromatic carbocycles. The van der Waals surface area contributed by atoms with Gasteiger partial charge in [-0.1, -0.05) is 24.3 Å². The van der Waals surface area contributed by atoms with E-state index in [-0.39, 0.29) is 4.90 Å². The lowest BCUT2D eigenvalue weighted by Gasteiger charge is -2.20. The van der Waals surface area contributed by atoms with Crippen molar-refractivity contribution in [1.29, 1.82) is 0 Å². The van der Waals surface area contributed by atoms with Gasteiger partial charge in [-0.25, -0.2) is 17.7 Å². The van der Waals surface area contributed by atoms with E-state index in [0.717, 1.165) is 29.9 Å². The number of benzene rings is 2. The van der Waals surface area contributed by atoms with Gasteiger partial charge in [-0.15, -0.1) is 11.3 Å². The van der Waals surface area contributed by atoms with Gasteiger partial charge in [-0.05, 0) is 43.7 Å². The molecule has 7 nitrogen and oxygen atoms in total. The number of aromatic nitrogens is 1. The molecule has 0 amide bonds. The van der Waals surface area contributed by atoms with E-state index in [0.29, 0.717) is 5.13 Å². The van der Waals surface area contributed by atoms with Crippen molar-refractivity contribution in [3.05, 3.63) is 59.5 Å². The Bertz CT molecular complexity index is 1120. The summed E-state index contributed by atoms with van der Waals surface area (Å²) in [6.07, 6.45) is 1.76. The predicted octanol–water partition coefficient (Wildman–Crippen LogP) is 4.35. The van der Waals surface area contributed by atoms with Gasteiger partial charge in [0.25, 0.3) is 0 Å². The van der Waals surface area contributed by atoms with Crippen molar-refractivity contribution in [2.75, 3.05) is 37.5 Å². The van der Waals surface area contributed by atoms with Gasteiger partial charge < -0.3 is 4.90 Å². The second-order valence-corrected chi connectivity index (χ2v) is 9.99. The zero-order chi connectivity index (χ0) is 22.4. The molecule has 164 valence electrons. The van der Waals surface area contributed by atoms with E-state index in [1.54, 1.807) is 30.5 Å². The maximum atomic E-state index is 12.2. The standard InChI is InChI=1S/C22H27N5O2S2/c1-5-27(6-2)19-11-7-17(8-12-19)15-23-25-22-24-21(16-30-22)18-9-13-20(14-10-18)31(28,29)26(3)4/h7-16H,5-6H2,1-4H3,(H,24,25). The number of hydrogen-bond acceptors (Lipinski definition) is 7. The first-order chi connectivity index (χ1) is 14.8. The van der Waals surface area contributed by atoms with Crippen molar-refractivity contribution in [2.24, 2.45) is 5.10 Å². The Balaban J connectivity index is 1.64. The largest absolute Gasteiger partial charge is 0.372 e. The SMILES string of the molecule is CCN(CC)c1ccc(C=NNc2nc(-c3ccc(S(=O)(=O)N(C)C)cc3)cs2)cc1. The molecule has 1 heterocycles. The summed E-state index contributed by atoms with van der Waals surface area (Å²) in [6.45, 7) is 6.24. The number of anilines is 2. The van der Waals surface area contributed by atoms with Gasteiger partial charge in [0, 0.05) is 43.8 Å². The maximum Gasteiger partial charge on any atom is 0.242 e. The fourth-order valence-corrected chi connectivity index (χ4v) is 4.56. The van der Waals surface area contributed by atoms with Gasteiger partial charge in [0.05, 0.1) is 16.8 Å². The van der Waals surface area contributed by atoms with Crippen LogP contribution in [0.3, 0.4) is 0 Å². The minimum absolute atomic E-state index is 0.256. The van der Waals surface area contributed by atoms with E-state index in [9.17, 15) is 8.42 Å². The van der Waals surface area contributed by atoms with Crippen molar-refractivity contribution in [3.63, 3.8) is 0 Å². The Morgan fingerprint density at radius 3 is 2.26 bits per heavy atom. The molecule has 0 aliphatic rings. The molecule has 0 fully saturated rings. The van der Waals surface area contributed by atoms with Crippen molar-refractivity contribution < 1.29 is 8.42 Å². The van der Waals surface area contributed by atoms with Crippen molar-refractivity contribution in [1.82, 2.24) is 9.29 Å². The Labute approximate surface area is 188 Å². The molecule has 0 bridgehead atoms. The van der Waals surface area contributed by atoms with Crippen LogP contribution in [0.5, 0.6) is 0 Å². The van der Waals surface area contributed by atoms with Crippen LogP contribution in [0.4, 0.5) is 10.8 Å². The molecule has 3 rings (SSSR count). The zero-order valence-electron chi connectivity index (χ0n) is 18.1. The first kappa shape index (κ1) is 22.9. The molecular formula is C22H27N5O2S2. The van der Waals surface area contributed by atoms with Crippen LogP contribution in [0.1, 0.15) is 19.4 Å². The molecule has 31 heavy (non-hydrogen) atoms. The lowest BCUT2D eigenvalue weighted by molar-refractivity contribution is 0.521. The zero-order valence-corrected chi connectivity index (χ0v) is 19.7. The molecule has 0 spiro atoms. The predicted molar refractivity (Wildman–Crippen MR) is 130 cm³/mol.